The number of esters is 1. The number of methoxy groups -OCH3 is 1. The first-order valence-corrected chi connectivity index (χ1v) is 20.1. The van der Waals surface area contributed by atoms with Gasteiger partial charge in [-0.3, -0.25) is 9.46 Å². The lowest BCUT2D eigenvalue weighted by Crippen LogP contribution is -2.47. The van der Waals surface area contributed by atoms with Crippen molar-refractivity contribution in [1.29, 1.82) is 0 Å². The van der Waals surface area contributed by atoms with Gasteiger partial charge in [0.2, 0.25) is 5.28 Å². The molecule has 1 unspecified atom stereocenters. The standard InChI is InChI=1S/C34H53ClN5O12P/c1-10-45-29(41)34(17-18-44-9,53(43,47-11-2)48-12-3)46-20-23-24-25(51-33(7,8)50-24)28(49-23)40-27-22(19-36-40)26(37-30(35)38-27)39(21-15-13-14-16-21)31(42)52-32(4,5)6/h19,21,23-25,28H,10-18,20H2,1-9H3/t23-,24-,25-,28-,34?/m1/s1. The number of carbonyl (C=O) groups is 2. The second-order valence-electron chi connectivity index (χ2n) is 14.5. The number of carbonyl (C=O) groups excluding carboxylic acids is 2. The van der Waals surface area contributed by atoms with Gasteiger partial charge in [-0.15, -0.1) is 0 Å². The van der Waals surface area contributed by atoms with E-state index in [1.165, 1.54) is 11.8 Å². The highest BCUT2D eigenvalue weighted by molar-refractivity contribution is 7.56. The molecule has 2 aromatic heterocycles. The van der Waals surface area contributed by atoms with Crippen LogP contribution in [0.15, 0.2) is 6.20 Å². The van der Waals surface area contributed by atoms with Gasteiger partial charge in [0, 0.05) is 19.6 Å². The molecule has 4 heterocycles. The number of fused-ring (bicyclic) bond motifs is 2. The monoisotopic (exact) mass is 789 g/mol. The Labute approximate surface area is 315 Å². The number of nitrogens with zero attached hydrogens (tertiary/aromatic N) is 5. The summed E-state index contributed by atoms with van der Waals surface area (Å²) < 4.78 is 69.4. The van der Waals surface area contributed by atoms with E-state index in [4.69, 9.17) is 53.8 Å². The zero-order valence-electron chi connectivity index (χ0n) is 32.0. The van der Waals surface area contributed by atoms with Crippen LogP contribution in [0.3, 0.4) is 0 Å². The van der Waals surface area contributed by atoms with Gasteiger partial charge in [-0.2, -0.15) is 15.1 Å². The molecule has 5 rings (SSSR count). The fraction of sp³-hybridized carbons (Fsp3) is 0.794. The molecule has 1 saturated carbocycles. The van der Waals surface area contributed by atoms with Gasteiger partial charge in [0.25, 0.3) is 5.34 Å². The molecule has 0 bridgehead atoms. The summed E-state index contributed by atoms with van der Waals surface area (Å²) >= 11 is 6.56. The second-order valence-corrected chi connectivity index (χ2v) is 17.0. The zero-order chi connectivity index (χ0) is 38.8. The molecule has 0 spiro atoms. The van der Waals surface area contributed by atoms with Gasteiger partial charge in [-0.25, -0.2) is 14.3 Å². The van der Waals surface area contributed by atoms with E-state index < -0.39 is 60.9 Å². The molecule has 5 atom stereocenters. The molecule has 0 aromatic carbocycles. The minimum atomic E-state index is -4.33. The summed E-state index contributed by atoms with van der Waals surface area (Å²) in [5.41, 5.74) is -0.471. The number of amides is 1. The number of hydrogen-bond acceptors (Lipinski definition) is 15. The van der Waals surface area contributed by atoms with Crippen LogP contribution in [0.4, 0.5) is 10.6 Å². The van der Waals surface area contributed by atoms with E-state index >= 15 is 0 Å². The molecule has 3 aliphatic rings. The van der Waals surface area contributed by atoms with E-state index in [0.29, 0.717) is 5.39 Å². The number of aromatic nitrogens is 4. The number of rotatable bonds is 16. The molecular weight excluding hydrogens is 737 g/mol. The minimum absolute atomic E-state index is 0.0160. The molecule has 2 saturated heterocycles. The van der Waals surface area contributed by atoms with Gasteiger partial charge < -0.3 is 42.2 Å². The summed E-state index contributed by atoms with van der Waals surface area (Å²) in [6.07, 6.45) is 0.894. The lowest BCUT2D eigenvalue weighted by molar-refractivity contribution is -0.209. The lowest BCUT2D eigenvalue weighted by atomic mass is 10.1. The predicted octanol–water partition coefficient (Wildman–Crippen LogP) is 6.16. The van der Waals surface area contributed by atoms with Crippen molar-refractivity contribution in [2.24, 2.45) is 0 Å². The molecule has 2 aliphatic heterocycles. The quantitative estimate of drug-likeness (QED) is 0.107. The largest absolute Gasteiger partial charge is 0.463 e. The van der Waals surface area contributed by atoms with Crippen LogP contribution in [0.5, 0.6) is 0 Å². The fourth-order valence-corrected chi connectivity index (χ4v) is 9.20. The Kier molecular flexibility index (Phi) is 13.2. The van der Waals surface area contributed by atoms with Gasteiger partial charge in [0.05, 0.1) is 44.6 Å². The van der Waals surface area contributed by atoms with Crippen molar-refractivity contribution < 1.29 is 56.4 Å². The number of halogens is 1. The first kappa shape index (κ1) is 41.7. The van der Waals surface area contributed by atoms with Crippen LogP contribution in [0, 0.1) is 0 Å². The van der Waals surface area contributed by atoms with Crippen LogP contribution in [-0.4, -0.2) is 113 Å². The Bertz CT molecular complexity index is 1640. The van der Waals surface area contributed by atoms with Crippen molar-refractivity contribution in [3.63, 3.8) is 0 Å². The Balaban J connectivity index is 1.53. The lowest BCUT2D eigenvalue weighted by Gasteiger charge is -2.37. The average Bonchev–Trinajstić information content (AvgIpc) is 3.86. The third-order valence-corrected chi connectivity index (χ3v) is 11.8. The number of anilines is 1. The third kappa shape index (κ3) is 8.68. The van der Waals surface area contributed by atoms with E-state index in [2.05, 4.69) is 15.1 Å². The SMILES string of the molecule is CCOC(=O)C(CCOC)(OC[C@H]1O[C@@H](n2ncc3c(N(C(=O)OC(C)(C)C)C4CCCC4)nc(Cl)nc32)[C@@H]2OC(C)(C)O[C@@H]21)P(=O)(OCC)OCC. The Morgan fingerprint density at radius 2 is 1.72 bits per heavy atom. The van der Waals surface area contributed by atoms with Crippen LogP contribution in [0.2, 0.25) is 5.28 Å². The Hall–Kier alpha value is -2.47. The van der Waals surface area contributed by atoms with Crippen molar-refractivity contribution in [3.8, 4) is 0 Å². The molecule has 2 aromatic rings. The van der Waals surface area contributed by atoms with Crippen LogP contribution in [-0.2, 0) is 51.6 Å². The smallest absolute Gasteiger partial charge is 0.416 e. The maximum atomic E-state index is 14.4. The molecule has 0 radical (unpaired) electrons. The highest BCUT2D eigenvalue weighted by Crippen LogP contribution is 2.63. The maximum absolute atomic E-state index is 14.4. The van der Waals surface area contributed by atoms with E-state index in [-0.39, 0.29) is 62.2 Å². The van der Waals surface area contributed by atoms with Crippen LogP contribution >= 0.6 is 19.2 Å². The normalized spacial score (nSPS) is 24.3. The van der Waals surface area contributed by atoms with Crippen molar-refractivity contribution in [1.82, 2.24) is 19.7 Å². The summed E-state index contributed by atoms with van der Waals surface area (Å²) in [4.78, 5) is 38.0. The van der Waals surface area contributed by atoms with Gasteiger partial charge in [0.15, 0.2) is 23.5 Å². The molecule has 53 heavy (non-hydrogen) atoms. The van der Waals surface area contributed by atoms with Gasteiger partial charge >= 0.3 is 19.7 Å². The average molecular weight is 790 g/mol. The summed E-state index contributed by atoms with van der Waals surface area (Å²) in [6, 6.07) is -0.162. The van der Waals surface area contributed by atoms with Crippen LogP contribution < -0.4 is 4.90 Å². The molecule has 298 valence electrons. The Morgan fingerprint density at radius 3 is 2.32 bits per heavy atom. The topological polar surface area (TPSA) is 181 Å². The fourth-order valence-electron chi connectivity index (χ4n) is 6.98. The van der Waals surface area contributed by atoms with Crippen molar-refractivity contribution >= 4 is 48.1 Å². The summed E-state index contributed by atoms with van der Waals surface area (Å²) in [5, 5.41) is 2.79. The summed E-state index contributed by atoms with van der Waals surface area (Å²) in [7, 11) is -2.89. The number of ether oxygens (including phenoxy) is 7. The number of hydrogen-bond donors (Lipinski definition) is 0. The van der Waals surface area contributed by atoms with Crippen molar-refractivity contribution in [2.45, 2.75) is 135 Å². The molecule has 3 fully saturated rings. The summed E-state index contributed by atoms with van der Waals surface area (Å²) in [6.45, 7) is 13.4. The molecular formula is C34H53ClN5O12P. The molecule has 0 N–H and O–H groups in total. The second kappa shape index (κ2) is 16.7. The van der Waals surface area contributed by atoms with Gasteiger partial charge in [0.1, 0.15) is 23.9 Å². The predicted molar refractivity (Wildman–Crippen MR) is 192 cm³/mol. The van der Waals surface area contributed by atoms with Crippen molar-refractivity contribution in [2.75, 3.05) is 45.0 Å². The first-order chi connectivity index (χ1) is 25.0. The molecule has 1 aliphatic carbocycles. The highest BCUT2D eigenvalue weighted by Gasteiger charge is 2.62. The van der Waals surface area contributed by atoms with Crippen LogP contribution in [0.1, 0.15) is 93.7 Å². The van der Waals surface area contributed by atoms with E-state index in [9.17, 15) is 14.2 Å². The minimum Gasteiger partial charge on any atom is -0.463 e. The van der Waals surface area contributed by atoms with Crippen molar-refractivity contribution in [3.05, 3.63) is 11.5 Å². The van der Waals surface area contributed by atoms with E-state index in [1.807, 2.05) is 0 Å². The maximum Gasteiger partial charge on any atom is 0.416 e. The van der Waals surface area contributed by atoms with E-state index in [0.717, 1.165) is 25.7 Å². The Morgan fingerprint density at radius 1 is 1.06 bits per heavy atom. The van der Waals surface area contributed by atoms with Gasteiger partial charge in [-0.05, 0) is 79.8 Å². The molecule has 17 nitrogen and oxygen atoms in total. The van der Waals surface area contributed by atoms with E-state index in [1.54, 1.807) is 66.5 Å². The van der Waals surface area contributed by atoms with Gasteiger partial charge in [-0.1, -0.05) is 12.8 Å². The molecule has 19 heteroatoms. The molecule has 1 amide bonds. The first-order valence-electron chi connectivity index (χ1n) is 18.2. The zero-order valence-corrected chi connectivity index (χ0v) is 33.6. The van der Waals surface area contributed by atoms with Crippen LogP contribution in [0.25, 0.3) is 11.0 Å². The summed E-state index contributed by atoms with van der Waals surface area (Å²) in [5.74, 6) is -1.70. The third-order valence-electron chi connectivity index (χ3n) is 9.05. The highest BCUT2D eigenvalue weighted by atomic mass is 35.5.